The molecular formula is C29H29N3O6. The van der Waals surface area contributed by atoms with Crippen LogP contribution in [0.25, 0.3) is 0 Å². The lowest BCUT2D eigenvalue weighted by Gasteiger charge is -2.28. The third-order valence-corrected chi connectivity index (χ3v) is 6.91. The van der Waals surface area contributed by atoms with Crippen molar-refractivity contribution in [2.45, 2.75) is 44.8 Å². The third-order valence-electron chi connectivity index (χ3n) is 6.91. The van der Waals surface area contributed by atoms with Gasteiger partial charge in [0.1, 0.15) is 11.7 Å². The van der Waals surface area contributed by atoms with Gasteiger partial charge >= 0.3 is 0 Å². The Morgan fingerprint density at radius 3 is 2.37 bits per heavy atom. The number of nitro benzene ring substituents is 1. The van der Waals surface area contributed by atoms with Crippen molar-refractivity contribution in [3.63, 3.8) is 0 Å². The van der Waals surface area contributed by atoms with Gasteiger partial charge in [0.05, 0.1) is 28.9 Å². The van der Waals surface area contributed by atoms with E-state index in [0.717, 1.165) is 24.2 Å². The van der Waals surface area contributed by atoms with E-state index >= 15 is 0 Å². The summed E-state index contributed by atoms with van der Waals surface area (Å²) in [7, 11) is 0. The number of rotatable bonds is 10. The highest BCUT2D eigenvalue weighted by Crippen LogP contribution is 2.48. The van der Waals surface area contributed by atoms with Crippen LogP contribution in [0.3, 0.4) is 0 Å². The molecule has 0 N–H and O–H groups in total. The second-order valence-corrected chi connectivity index (χ2v) is 9.42. The smallest absolute Gasteiger partial charge is 0.269 e. The Hall–Kier alpha value is -4.24. The molecule has 0 unspecified atom stereocenters. The number of amides is 2. The molecule has 2 amide bonds. The largest absolute Gasteiger partial charge is 0.494 e. The van der Waals surface area contributed by atoms with Crippen LogP contribution in [-0.4, -0.2) is 29.4 Å². The van der Waals surface area contributed by atoms with Crippen LogP contribution in [0.5, 0.6) is 5.75 Å². The minimum Gasteiger partial charge on any atom is -0.494 e. The lowest BCUT2D eigenvalue weighted by molar-refractivity contribution is -0.384. The molecule has 9 nitrogen and oxygen atoms in total. The van der Waals surface area contributed by atoms with Gasteiger partial charge in [-0.05, 0) is 48.4 Å². The van der Waals surface area contributed by atoms with Crippen molar-refractivity contribution in [3.8, 4) is 5.75 Å². The SMILES string of the molecule is CCCCCCOc1ccc(N2C(=O)[C@H]3[C@@H](ON(c4ccccc4)[C@H]3c3cccc([N+](=O)[O-])c3)C2=O)cc1. The maximum Gasteiger partial charge on any atom is 0.269 e. The fraction of sp³-hybridized carbons (Fsp3) is 0.310. The van der Waals surface area contributed by atoms with Crippen LogP contribution >= 0.6 is 0 Å². The molecule has 3 aromatic carbocycles. The van der Waals surface area contributed by atoms with Crippen molar-refractivity contribution < 1.29 is 24.1 Å². The molecule has 0 radical (unpaired) electrons. The number of fused-ring (bicyclic) bond motifs is 1. The van der Waals surface area contributed by atoms with Crippen molar-refractivity contribution in [1.29, 1.82) is 0 Å². The lowest BCUT2D eigenvalue weighted by Crippen LogP contribution is -2.37. The maximum atomic E-state index is 13.8. The second kappa shape index (κ2) is 11.0. The molecule has 3 atom stereocenters. The van der Waals surface area contributed by atoms with Crippen molar-refractivity contribution in [3.05, 3.63) is 94.5 Å². The first-order chi connectivity index (χ1) is 18.5. The molecule has 38 heavy (non-hydrogen) atoms. The average Bonchev–Trinajstić information content (AvgIpc) is 3.45. The molecule has 0 saturated carbocycles. The predicted octanol–water partition coefficient (Wildman–Crippen LogP) is 5.61. The van der Waals surface area contributed by atoms with E-state index in [-0.39, 0.29) is 5.69 Å². The minimum atomic E-state index is -1.05. The molecule has 2 aliphatic rings. The normalized spacial score (nSPS) is 20.6. The minimum absolute atomic E-state index is 0.0992. The van der Waals surface area contributed by atoms with Crippen LogP contribution in [0.15, 0.2) is 78.9 Å². The Bertz CT molecular complexity index is 1310. The van der Waals surface area contributed by atoms with Crippen LogP contribution in [0.1, 0.15) is 44.2 Å². The van der Waals surface area contributed by atoms with E-state index in [9.17, 15) is 19.7 Å². The first kappa shape index (κ1) is 25.4. The molecule has 0 aliphatic carbocycles. The summed E-state index contributed by atoms with van der Waals surface area (Å²) in [6.45, 7) is 2.77. The molecule has 0 spiro atoms. The lowest BCUT2D eigenvalue weighted by atomic mass is 9.90. The summed E-state index contributed by atoms with van der Waals surface area (Å²) in [5, 5.41) is 13.0. The van der Waals surface area contributed by atoms with Gasteiger partial charge in [-0.2, -0.15) is 0 Å². The number of carbonyl (C=O) groups excluding carboxylic acids is 2. The Morgan fingerprint density at radius 2 is 1.66 bits per heavy atom. The van der Waals surface area contributed by atoms with E-state index in [1.54, 1.807) is 48.5 Å². The molecule has 5 rings (SSSR count). The molecule has 2 saturated heterocycles. The topological polar surface area (TPSA) is 102 Å². The number of unbranched alkanes of at least 4 members (excludes halogenated alkanes) is 3. The van der Waals surface area contributed by atoms with Crippen molar-refractivity contribution in [1.82, 2.24) is 0 Å². The standard InChI is InChI=1S/C29H29N3O6/c1-2-3-4-8-18-37-24-16-14-21(15-17-24)30-28(33)25-26(20-10-9-13-23(19-20)32(35)36)31(38-27(25)29(30)34)22-11-6-5-7-12-22/h5-7,9-17,19,25-27H,2-4,8,18H2,1H3/t25-,26+,27-/m1/s1. The van der Waals surface area contributed by atoms with Crippen molar-refractivity contribution in [2.24, 2.45) is 5.92 Å². The molecule has 0 aromatic heterocycles. The molecule has 2 aliphatic heterocycles. The second-order valence-electron chi connectivity index (χ2n) is 9.42. The highest BCUT2D eigenvalue weighted by molar-refractivity contribution is 6.23. The molecule has 2 heterocycles. The Kier molecular flexibility index (Phi) is 7.37. The summed E-state index contributed by atoms with van der Waals surface area (Å²) < 4.78 is 5.79. The summed E-state index contributed by atoms with van der Waals surface area (Å²) in [6, 6.07) is 21.4. The first-order valence-corrected chi connectivity index (χ1v) is 12.9. The van der Waals surface area contributed by atoms with Crippen LogP contribution in [0.2, 0.25) is 0 Å². The van der Waals surface area contributed by atoms with Gasteiger partial charge in [0.2, 0.25) is 5.91 Å². The highest BCUT2D eigenvalue weighted by Gasteiger charge is 2.60. The number of anilines is 2. The van der Waals surface area contributed by atoms with E-state index in [2.05, 4.69) is 6.92 Å². The Morgan fingerprint density at radius 1 is 0.895 bits per heavy atom. The van der Waals surface area contributed by atoms with Gasteiger partial charge in [-0.1, -0.05) is 56.5 Å². The van der Waals surface area contributed by atoms with Crippen LogP contribution in [-0.2, 0) is 14.4 Å². The van der Waals surface area contributed by atoms with E-state index in [0.29, 0.717) is 29.3 Å². The van der Waals surface area contributed by atoms with E-state index in [4.69, 9.17) is 9.57 Å². The fourth-order valence-corrected chi connectivity index (χ4v) is 5.04. The summed E-state index contributed by atoms with van der Waals surface area (Å²) in [5.41, 5.74) is 1.50. The number of para-hydroxylation sites is 1. The van der Waals surface area contributed by atoms with Gasteiger partial charge in [-0.25, -0.2) is 9.96 Å². The number of carbonyl (C=O) groups is 2. The summed E-state index contributed by atoms with van der Waals surface area (Å²) >= 11 is 0. The van der Waals surface area contributed by atoms with E-state index < -0.39 is 34.8 Å². The highest BCUT2D eigenvalue weighted by atomic mass is 16.7. The number of non-ortho nitro benzene ring substituents is 1. The van der Waals surface area contributed by atoms with Crippen LogP contribution in [0.4, 0.5) is 17.1 Å². The number of nitrogens with zero attached hydrogens (tertiary/aromatic N) is 3. The number of hydroxylamine groups is 1. The predicted molar refractivity (Wildman–Crippen MR) is 142 cm³/mol. The zero-order valence-corrected chi connectivity index (χ0v) is 21.1. The third kappa shape index (κ3) is 4.84. The van der Waals surface area contributed by atoms with Gasteiger partial charge in [0, 0.05) is 12.1 Å². The Labute approximate surface area is 220 Å². The molecular weight excluding hydrogens is 486 g/mol. The molecule has 9 heteroatoms. The van der Waals surface area contributed by atoms with Crippen LogP contribution < -0.4 is 14.7 Å². The zero-order chi connectivity index (χ0) is 26.6. The summed E-state index contributed by atoms with van der Waals surface area (Å²) in [4.78, 5) is 45.5. The quantitative estimate of drug-likeness (QED) is 0.150. The fourth-order valence-electron chi connectivity index (χ4n) is 5.04. The number of imide groups is 1. The number of ether oxygens (including phenoxy) is 1. The van der Waals surface area contributed by atoms with Gasteiger partial charge in [-0.15, -0.1) is 0 Å². The summed E-state index contributed by atoms with van der Waals surface area (Å²) in [5.74, 6) is -1.09. The molecule has 3 aromatic rings. The van der Waals surface area contributed by atoms with Gasteiger partial charge in [-0.3, -0.25) is 24.5 Å². The molecule has 196 valence electrons. The van der Waals surface area contributed by atoms with Gasteiger partial charge in [0.25, 0.3) is 11.6 Å². The maximum absolute atomic E-state index is 13.8. The number of hydrogen-bond acceptors (Lipinski definition) is 7. The summed E-state index contributed by atoms with van der Waals surface area (Å²) in [6.07, 6.45) is 3.35. The zero-order valence-electron chi connectivity index (χ0n) is 21.1. The number of benzene rings is 3. The molecule has 2 fully saturated rings. The van der Waals surface area contributed by atoms with E-state index in [1.807, 2.05) is 18.2 Å². The van der Waals surface area contributed by atoms with Crippen molar-refractivity contribution in [2.75, 3.05) is 16.6 Å². The first-order valence-electron chi connectivity index (χ1n) is 12.9. The number of nitro groups is 1. The van der Waals surface area contributed by atoms with E-state index in [1.165, 1.54) is 23.6 Å². The van der Waals surface area contributed by atoms with Crippen molar-refractivity contribution >= 4 is 28.9 Å². The molecule has 0 bridgehead atoms. The van der Waals surface area contributed by atoms with Gasteiger partial charge < -0.3 is 4.74 Å². The van der Waals surface area contributed by atoms with Crippen LogP contribution in [0, 0.1) is 16.0 Å². The monoisotopic (exact) mass is 515 g/mol. The van der Waals surface area contributed by atoms with Gasteiger partial charge in [0.15, 0.2) is 6.10 Å². The Balaban J connectivity index is 1.41. The average molecular weight is 516 g/mol. The number of hydrogen-bond donors (Lipinski definition) is 0.